The van der Waals surface area contributed by atoms with Crippen molar-refractivity contribution in [3.05, 3.63) is 45.2 Å². The van der Waals surface area contributed by atoms with Gasteiger partial charge in [0.1, 0.15) is 0 Å². The number of rotatable bonds is 2. The Morgan fingerprint density at radius 2 is 2.06 bits per heavy atom. The summed E-state index contributed by atoms with van der Waals surface area (Å²) in [5.41, 5.74) is 1.90. The van der Waals surface area contributed by atoms with Gasteiger partial charge in [-0.05, 0) is 12.1 Å². The van der Waals surface area contributed by atoms with Gasteiger partial charge in [-0.1, -0.05) is 39.7 Å². The maximum Gasteiger partial charge on any atom is 0.186 e. The Bertz CT molecular complexity index is 536. The molecule has 0 bridgehead atoms. The zero-order valence-electron chi connectivity index (χ0n) is 8.11. The molecule has 0 aliphatic heterocycles. The molecule has 0 unspecified atom stereocenters. The van der Waals surface area contributed by atoms with Gasteiger partial charge in [-0.2, -0.15) is 0 Å². The van der Waals surface area contributed by atoms with E-state index in [9.17, 15) is 0 Å². The number of benzene rings is 1. The van der Waals surface area contributed by atoms with E-state index < -0.39 is 0 Å². The predicted molar refractivity (Wildman–Crippen MR) is 77.5 cm³/mol. The summed E-state index contributed by atoms with van der Waals surface area (Å²) < 4.78 is 1.85. The third kappa shape index (κ3) is 2.59. The molecule has 0 amide bonds. The molecule has 2 aromatic rings. The summed E-state index contributed by atoms with van der Waals surface area (Å²) in [4.78, 5) is 0.484. The number of aromatic nitrogens is 1. The maximum absolute atomic E-state index is 7.83. The van der Waals surface area contributed by atoms with E-state index in [1.807, 2.05) is 34.2 Å². The lowest BCUT2D eigenvalue weighted by Gasteiger charge is -2.07. The number of alkyl halides is 1. The van der Waals surface area contributed by atoms with Gasteiger partial charge in [0.15, 0.2) is 4.80 Å². The van der Waals surface area contributed by atoms with Gasteiger partial charge in [0.05, 0.1) is 10.7 Å². The molecule has 0 fully saturated rings. The van der Waals surface area contributed by atoms with Gasteiger partial charge in [-0.25, -0.2) is 0 Å². The number of para-hydroxylation sites is 1. The summed E-state index contributed by atoms with van der Waals surface area (Å²) in [6.07, 6.45) is 0. The van der Waals surface area contributed by atoms with Crippen LogP contribution in [-0.2, 0) is 5.33 Å². The largest absolute Gasteiger partial charge is 0.288 e. The standard InChI is InChI=1S/C10H8BrClN2S.BrH/c11-5-7-6-15-10(13)14(7)9-4-2-1-3-8(9)12;/h1-4,6,13H,5H2;1H. The van der Waals surface area contributed by atoms with Crippen molar-refractivity contribution in [1.82, 2.24) is 4.57 Å². The molecule has 86 valence electrons. The van der Waals surface area contributed by atoms with Gasteiger partial charge in [0, 0.05) is 16.4 Å². The molecule has 0 saturated carbocycles. The van der Waals surface area contributed by atoms with E-state index in [4.69, 9.17) is 17.0 Å². The van der Waals surface area contributed by atoms with Gasteiger partial charge in [0.2, 0.25) is 0 Å². The summed E-state index contributed by atoms with van der Waals surface area (Å²) in [5.74, 6) is 0. The predicted octanol–water partition coefficient (Wildman–Crippen LogP) is 4.14. The third-order valence-corrected chi connectivity index (χ3v) is 3.72. The van der Waals surface area contributed by atoms with Crippen LogP contribution in [0.3, 0.4) is 0 Å². The first-order valence-electron chi connectivity index (χ1n) is 4.29. The third-order valence-electron chi connectivity index (χ3n) is 2.03. The molecule has 0 aliphatic carbocycles. The fourth-order valence-electron chi connectivity index (χ4n) is 1.35. The Labute approximate surface area is 121 Å². The highest BCUT2D eigenvalue weighted by atomic mass is 79.9. The van der Waals surface area contributed by atoms with Crippen molar-refractivity contribution < 1.29 is 0 Å². The van der Waals surface area contributed by atoms with Gasteiger partial charge >= 0.3 is 0 Å². The van der Waals surface area contributed by atoms with E-state index >= 15 is 0 Å². The molecule has 2 rings (SSSR count). The lowest BCUT2D eigenvalue weighted by Crippen LogP contribution is -2.13. The highest BCUT2D eigenvalue weighted by molar-refractivity contribution is 9.08. The van der Waals surface area contributed by atoms with E-state index in [0.717, 1.165) is 11.4 Å². The number of hydrogen-bond donors (Lipinski definition) is 1. The first-order valence-corrected chi connectivity index (χ1v) is 6.67. The lowest BCUT2D eigenvalue weighted by atomic mass is 10.3. The Balaban J connectivity index is 0.00000128. The molecular weight excluding hydrogens is 375 g/mol. The highest BCUT2D eigenvalue weighted by Crippen LogP contribution is 2.21. The number of hydrogen-bond acceptors (Lipinski definition) is 2. The van der Waals surface area contributed by atoms with Crippen LogP contribution in [0, 0.1) is 5.41 Å². The van der Waals surface area contributed by atoms with Gasteiger partial charge in [-0.15, -0.1) is 28.3 Å². The van der Waals surface area contributed by atoms with Crippen molar-refractivity contribution in [2.24, 2.45) is 0 Å². The minimum Gasteiger partial charge on any atom is -0.288 e. The summed E-state index contributed by atoms with van der Waals surface area (Å²) in [6, 6.07) is 7.55. The van der Waals surface area contributed by atoms with E-state index in [2.05, 4.69) is 15.9 Å². The number of nitrogens with one attached hydrogen (secondary N) is 1. The van der Waals surface area contributed by atoms with E-state index in [-0.39, 0.29) is 17.0 Å². The molecule has 16 heavy (non-hydrogen) atoms. The van der Waals surface area contributed by atoms with Crippen molar-refractivity contribution in [1.29, 1.82) is 5.41 Å². The molecule has 0 saturated heterocycles. The second-order valence-corrected chi connectivity index (χ2v) is 4.78. The smallest absolute Gasteiger partial charge is 0.186 e. The average molecular weight is 385 g/mol. The van der Waals surface area contributed by atoms with Crippen LogP contribution in [-0.4, -0.2) is 4.57 Å². The van der Waals surface area contributed by atoms with Crippen molar-refractivity contribution >= 4 is 55.8 Å². The van der Waals surface area contributed by atoms with Crippen LogP contribution >= 0.6 is 55.8 Å². The van der Waals surface area contributed by atoms with Gasteiger partial charge in [-0.3, -0.25) is 9.98 Å². The summed E-state index contributed by atoms with van der Waals surface area (Å²) >= 11 is 10.9. The SMILES string of the molecule is Br.N=c1scc(CBr)n1-c1ccccc1Cl. The number of thiazole rings is 1. The minimum atomic E-state index is 0. The maximum atomic E-state index is 7.83. The van der Waals surface area contributed by atoms with E-state index in [0.29, 0.717) is 15.2 Å². The molecule has 1 heterocycles. The lowest BCUT2D eigenvalue weighted by molar-refractivity contribution is 0.929. The number of nitrogens with zero attached hydrogens (tertiary/aromatic N) is 1. The quantitative estimate of drug-likeness (QED) is 0.754. The molecular formula is C10H9Br2ClN2S. The monoisotopic (exact) mass is 382 g/mol. The zero-order chi connectivity index (χ0) is 10.8. The van der Waals surface area contributed by atoms with Crippen molar-refractivity contribution in [3.63, 3.8) is 0 Å². The highest BCUT2D eigenvalue weighted by Gasteiger charge is 2.08. The summed E-state index contributed by atoms with van der Waals surface area (Å²) in [5, 5.41) is 11.2. The second-order valence-electron chi connectivity index (χ2n) is 2.95. The first kappa shape index (κ1) is 14.0. The summed E-state index contributed by atoms with van der Waals surface area (Å²) in [6.45, 7) is 0. The van der Waals surface area contributed by atoms with E-state index in [1.165, 1.54) is 11.3 Å². The van der Waals surface area contributed by atoms with Crippen molar-refractivity contribution in [2.75, 3.05) is 0 Å². The molecule has 0 atom stereocenters. The van der Waals surface area contributed by atoms with Gasteiger partial charge < -0.3 is 0 Å². The Kier molecular flexibility index (Phi) is 5.24. The molecule has 1 N–H and O–H groups in total. The number of halogens is 3. The molecule has 1 aromatic heterocycles. The molecule has 0 aliphatic rings. The van der Waals surface area contributed by atoms with Crippen LogP contribution in [0.5, 0.6) is 0 Å². The Morgan fingerprint density at radius 3 is 2.69 bits per heavy atom. The molecule has 1 aromatic carbocycles. The fraction of sp³-hybridized carbons (Fsp3) is 0.100. The molecule has 0 radical (unpaired) electrons. The van der Waals surface area contributed by atoms with Crippen LogP contribution in [0.15, 0.2) is 29.6 Å². The normalized spacial score (nSPS) is 9.88. The van der Waals surface area contributed by atoms with Crippen molar-refractivity contribution in [3.8, 4) is 5.69 Å². The zero-order valence-corrected chi connectivity index (χ0v) is 13.0. The Morgan fingerprint density at radius 1 is 1.38 bits per heavy atom. The topological polar surface area (TPSA) is 28.8 Å². The fourth-order valence-corrected chi connectivity index (χ4v) is 2.95. The van der Waals surface area contributed by atoms with E-state index in [1.54, 1.807) is 0 Å². The van der Waals surface area contributed by atoms with Crippen LogP contribution in [0.4, 0.5) is 0 Å². The molecule has 6 heteroatoms. The second kappa shape index (κ2) is 6.00. The first-order chi connectivity index (χ1) is 7.24. The van der Waals surface area contributed by atoms with Crippen LogP contribution in [0.1, 0.15) is 5.69 Å². The Hall–Kier alpha value is -0.100. The molecule has 0 spiro atoms. The summed E-state index contributed by atoms with van der Waals surface area (Å²) in [7, 11) is 0. The van der Waals surface area contributed by atoms with Crippen molar-refractivity contribution in [2.45, 2.75) is 5.33 Å². The minimum absolute atomic E-state index is 0. The van der Waals surface area contributed by atoms with Crippen LogP contribution in [0.2, 0.25) is 5.02 Å². The van der Waals surface area contributed by atoms with Crippen LogP contribution in [0.25, 0.3) is 5.69 Å². The van der Waals surface area contributed by atoms with Crippen LogP contribution < -0.4 is 4.80 Å². The molecule has 2 nitrogen and oxygen atoms in total. The average Bonchev–Trinajstić information content (AvgIpc) is 2.60. The van der Waals surface area contributed by atoms with Gasteiger partial charge in [0.25, 0.3) is 0 Å².